The number of aryl methyl sites for hydroxylation is 1. The van der Waals surface area contributed by atoms with E-state index < -0.39 is 0 Å². The lowest BCUT2D eigenvalue weighted by molar-refractivity contribution is -0.117. The van der Waals surface area contributed by atoms with Crippen LogP contribution in [-0.4, -0.2) is 39.7 Å². The number of fused-ring (bicyclic) bond motifs is 1. The van der Waals surface area contributed by atoms with Crippen molar-refractivity contribution in [1.29, 1.82) is 0 Å². The first kappa shape index (κ1) is 17.0. The molecule has 0 spiro atoms. The number of hydrogen-bond acceptors (Lipinski definition) is 3. The maximum absolute atomic E-state index is 10.7. The molecule has 0 N–H and O–H groups in total. The molecule has 2 heterocycles. The van der Waals surface area contributed by atoms with Gasteiger partial charge in [-0.15, -0.1) is 0 Å². The van der Waals surface area contributed by atoms with Gasteiger partial charge in [-0.2, -0.15) is 5.10 Å². The van der Waals surface area contributed by atoms with E-state index >= 15 is 0 Å². The van der Waals surface area contributed by atoms with Crippen molar-refractivity contribution in [1.82, 2.24) is 19.7 Å². The van der Waals surface area contributed by atoms with Crippen LogP contribution in [0.4, 0.5) is 0 Å². The SMILES string of the molecule is CN(C=O)CC[C@@H]1CC1c1ccc(-c2cnc3nn(C)cc3c2)cc1Cl. The lowest BCUT2D eigenvalue weighted by Crippen LogP contribution is -2.17. The summed E-state index contributed by atoms with van der Waals surface area (Å²) in [6.45, 7) is 0.803. The molecule has 1 aliphatic carbocycles. The Labute approximate surface area is 157 Å². The topological polar surface area (TPSA) is 51.0 Å². The molecule has 0 aliphatic heterocycles. The molecule has 1 amide bonds. The van der Waals surface area contributed by atoms with Crippen LogP contribution < -0.4 is 0 Å². The zero-order valence-corrected chi connectivity index (χ0v) is 15.6. The van der Waals surface area contributed by atoms with Crippen LogP contribution >= 0.6 is 11.6 Å². The van der Waals surface area contributed by atoms with E-state index in [1.807, 2.05) is 32.6 Å². The molecule has 1 unspecified atom stereocenters. The highest BCUT2D eigenvalue weighted by molar-refractivity contribution is 6.31. The second-order valence-corrected chi connectivity index (χ2v) is 7.56. The summed E-state index contributed by atoms with van der Waals surface area (Å²) in [6.07, 6.45) is 6.86. The number of hydrogen-bond donors (Lipinski definition) is 0. The summed E-state index contributed by atoms with van der Waals surface area (Å²) in [5.41, 5.74) is 4.07. The monoisotopic (exact) mass is 368 g/mol. The largest absolute Gasteiger partial charge is 0.348 e. The summed E-state index contributed by atoms with van der Waals surface area (Å²) in [6, 6.07) is 8.38. The molecule has 0 saturated heterocycles. The van der Waals surface area contributed by atoms with Crippen molar-refractivity contribution in [3.63, 3.8) is 0 Å². The van der Waals surface area contributed by atoms with Gasteiger partial charge in [0.15, 0.2) is 5.65 Å². The van der Waals surface area contributed by atoms with Gasteiger partial charge in [0.2, 0.25) is 6.41 Å². The van der Waals surface area contributed by atoms with Crippen LogP contribution in [0.5, 0.6) is 0 Å². The minimum atomic E-state index is 0.510. The molecule has 1 aliphatic rings. The lowest BCUT2D eigenvalue weighted by Gasteiger charge is -2.10. The molecule has 0 bridgehead atoms. The number of benzene rings is 1. The van der Waals surface area contributed by atoms with E-state index in [0.717, 1.165) is 53.0 Å². The Morgan fingerprint density at radius 1 is 1.35 bits per heavy atom. The van der Waals surface area contributed by atoms with Gasteiger partial charge in [-0.3, -0.25) is 9.48 Å². The minimum Gasteiger partial charge on any atom is -0.348 e. The Balaban J connectivity index is 1.51. The van der Waals surface area contributed by atoms with Crippen LogP contribution in [0, 0.1) is 5.92 Å². The minimum absolute atomic E-state index is 0.510. The van der Waals surface area contributed by atoms with Gasteiger partial charge in [-0.25, -0.2) is 4.98 Å². The van der Waals surface area contributed by atoms with Gasteiger partial charge in [-0.1, -0.05) is 23.7 Å². The Kier molecular flexibility index (Phi) is 4.41. The highest BCUT2D eigenvalue weighted by atomic mass is 35.5. The molecule has 6 heteroatoms. The first-order valence-corrected chi connectivity index (χ1v) is 9.17. The zero-order chi connectivity index (χ0) is 18.3. The average molecular weight is 369 g/mol. The second kappa shape index (κ2) is 6.72. The van der Waals surface area contributed by atoms with E-state index in [4.69, 9.17) is 11.6 Å². The highest BCUT2D eigenvalue weighted by Gasteiger charge is 2.38. The van der Waals surface area contributed by atoms with Crippen LogP contribution in [0.15, 0.2) is 36.7 Å². The number of rotatable bonds is 6. The molecule has 1 aromatic carbocycles. The molecular formula is C20H21ClN4O. The number of carbonyl (C=O) groups excluding carboxylic acids is 1. The van der Waals surface area contributed by atoms with Crippen LogP contribution in [0.3, 0.4) is 0 Å². The molecule has 3 aromatic rings. The van der Waals surface area contributed by atoms with Crippen molar-refractivity contribution in [2.75, 3.05) is 13.6 Å². The van der Waals surface area contributed by atoms with Gasteiger partial charge in [0.1, 0.15) is 0 Å². The second-order valence-electron chi connectivity index (χ2n) is 7.15. The summed E-state index contributed by atoms with van der Waals surface area (Å²) in [5, 5.41) is 6.14. The standard InChI is InChI=1S/C20H21ClN4O/c1-24(12-26)6-5-14-8-18(14)17-4-3-13(9-19(17)21)15-7-16-11-25(2)23-20(16)22-10-15/h3-4,7,9-12,14,18H,5-6,8H2,1-2H3/t14-,18?/m1/s1. The smallest absolute Gasteiger partial charge is 0.209 e. The van der Waals surface area contributed by atoms with Crippen molar-refractivity contribution >= 4 is 29.0 Å². The lowest BCUT2D eigenvalue weighted by atomic mass is 10.0. The molecule has 0 radical (unpaired) electrons. The van der Waals surface area contributed by atoms with Gasteiger partial charge in [0.25, 0.3) is 0 Å². The number of amides is 1. The predicted molar refractivity (Wildman–Crippen MR) is 103 cm³/mol. The van der Waals surface area contributed by atoms with E-state index in [0.29, 0.717) is 11.8 Å². The maximum atomic E-state index is 10.7. The predicted octanol–water partition coefficient (Wildman–Crippen LogP) is 3.87. The first-order chi connectivity index (χ1) is 12.5. The molecule has 1 fully saturated rings. The summed E-state index contributed by atoms with van der Waals surface area (Å²) in [4.78, 5) is 16.8. The third kappa shape index (κ3) is 3.31. The van der Waals surface area contributed by atoms with Crippen molar-refractivity contribution in [3.8, 4) is 11.1 Å². The van der Waals surface area contributed by atoms with Crippen molar-refractivity contribution in [2.45, 2.75) is 18.8 Å². The zero-order valence-electron chi connectivity index (χ0n) is 14.9. The average Bonchev–Trinajstić information content (AvgIpc) is 3.30. The van der Waals surface area contributed by atoms with Gasteiger partial charge in [0.05, 0.1) is 0 Å². The molecule has 1 saturated carbocycles. The van der Waals surface area contributed by atoms with E-state index in [1.54, 1.807) is 9.58 Å². The summed E-state index contributed by atoms with van der Waals surface area (Å²) < 4.78 is 1.77. The van der Waals surface area contributed by atoms with Crippen molar-refractivity contribution in [3.05, 3.63) is 47.2 Å². The summed E-state index contributed by atoms with van der Waals surface area (Å²) >= 11 is 6.59. The van der Waals surface area contributed by atoms with E-state index in [9.17, 15) is 4.79 Å². The Bertz CT molecular complexity index is 968. The first-order valence-electron chi connectivity index (χ1n) is 8.80. The Hall–Kier alpha value is -2.40. The van der Waals surface area contributed by atoms with E-state index in [1.165, 1.54) is 5.56 Å². The number of nitrogens with zero attached hydrogens (tertiary/aromatic N) is 4. The number of aromatic nitrogens is 3. The molecular weight excluding hydrogens is 348 g/mol. The number of pyridine rings is 1. The fourth-order valence-electron chi connectivity index (χ4n) is 3.57. The summed E-state index contributed by atoms with van der Waals surface area (Å²) in [5.74, 6) is 1.13. The maximum Gasteiger partial charge on any atom is 0.209 e. The van der Waals surface area contributed by atoms with Gasteiger partial charge in [0, 0.05) is 49.0 Å². The third-order valence-electron chi connectivity index (χ3n) is 5.16. The molecule has 2 atom stereocenters. The van der Waals surface area contributed by atoms with Crippen LogP contribution in [0.1, 0.15) is 24.3 Å². The van der Waals surface area contributed by atoms with Gasteiger partial charge < -0.3 is 4.90 Å². The third-order valence-corrected chi connectivity index (χ3v) is 5.49. The molecule has 4 rings (SSSR count). The normalized spacial score (nSPS) is 18.9. The van der Waals surface area contributed by atoms with Crippen molar-refractivity contribution < 1.29 is 4.79 Å². The molecule has 26 heavy (non-hydrogen) atoms. The van der Waals surface area contributed by atoms with Gasteiger partial charge in [-0.05, 0) is 47.9 Å². The van der Waals surface area contributed by atoms with Crippen LogP contribution in [0.2, 0.25) is 5.02 Å². The Morgan fingerprint density at radius 3 is 2.96 bits per heavy atom. The van der Waals surface area contributed by atoms with E-state index in [-0.39, 0.29) is 0 Å². The quantitative estimate of drug-likeness (QED) is 0.620. The molecule has 5 nitrogen and oxygen atoms in total. The molecule has 2 aromatic heterocycles. The summed E-state index contributed by atoms with van der Waals surface area (Å²) in [7, 11) is 3.71. The molecule has 134 valence electrons. The van der Waals surface area contributed by atoms with Crippen molar-refractivity contribution in [2.24, 2.45) is 13.0 Å². The highest BCUT2D eigenvalue weighted by Crippen LogP contribution is 2.51. The fourth-order valence-corrected chi connectivity index (χ4v) is 3.89. The van der Waals surface area contributed by atoms with Crippen LogP contribution in [0.25, 0.3) is 22.2 Å². The van der Waals surface area contributed by atoms with Crippen LogP contribution in [-0.2, 0) is 11.8 Å². The fraction of sp³-hybridized carbons (Fsp3) is 0.350. The van der Waals surface area contributed by atoms with Gasteiger partial charge >= 0.3 is 0 Å². The van der Waals surface area contributed by atoms with E-state index in [2.05, 4.69) is 28.3 Å². The number of carbonyl (C=O) groups is 1. The number of halogens is 1. The Morgan fingerprint density at radius 2 is 2.19 bits per heavy atom.